The molecule has 2 aliphatic rings. The molecule has 8 heteroatoms. The van der Waals surface area contributed by atoms with Crippen molar-refractivity contribution in [2.75, 3.05) is 5.32 Å². The molecule has 2 saturated carbocycles. The minimum atomic E-state index is -0.769. The first kappa shape index (κ1) is 23.6. The SMILES string of the molecule is Cc1ccc(NC(=O)C23CCC(C)(/C(=N\OC(=O)c4cccc([N+](=O)[O-])c4)C2)C3(C)C)cc1C. The molecule has 2 bridgehead atoms. The van der Waals surface area contributed by atoms with Crippen molar-refractivity contribution in [3.8, 4) is 0 Å². The molecule has 0 aromatic heterocycles. The second-order valence-electron chi connectivity index (χ2n) is 10.2. The zero-order valence-electron chi connectivity index (χ0n) is 20.1. The van der Waals surface area contributed by atoms with E-state index in [0.29, 0.717) is 18.6 Å². The van der Waals surface area contributed by atoms with Crippen LogP contribution in [0.25, 0.3) is 0 Å². The molecule has 2 aliphatic carbocycles. The van der Waals surface area contributed by atoms with Crippen LogP contribution >= 0.6 is 0 Å². The van der Waals surface area contributed by atoms with Crippen LogP contribution in [-0.2, 0) is 9.63 Å². The van der Waals surface area contributed by atoms with Crippen molar-refractivity contribution in [3.63, 3.8) is 0 Å². The van der Waals surface area contributed by atoms with E-state index < -0.39 is 27.1 Å². The number of oxime groups is 1. The maximum absolute atomic E-state index is 13.6. The van der Waals surface area contributed by atoms with Gasteiger partial charge in [-0.1, -0.05) is 38.1 Å². The van der Waals surface area contributed by atoms with Crippen LogP contribution in [0.15, 0.2) is 47.6 Å². The Hall–Kier alpha value is -3.55. The lowest BCUT2D eigenvalue weighted by Crippen LogP contribution is -2.43. The number of fused-ring (bicyclic) bond motifs is 2. The van der Waals surface area contributed by atoms with Crippen LogP contribution in [0.2, 0.25) is 0 Å². The van der Waals surface area contributed by atoms with E-state index >= 15 is 0 Å². The molecule has 0 heterocycles. The van der Waals surface area contributed by atoms with Crippen molar-refractivity contribution in [2.45, 2.75) is 53.9 Å². The first-order chi connectivity index (χ1) is 15.9. The van der Waals surface area contributed by atoms with Crippen molar-refractivity contribution >= 4 is 29.0 Å². The van der Waals surface area contributed by atoms with Crippen LogP contribution in [-0.4, -0.2) is 22.5 Å². The van der Waals surface area contributed by atoms with Crippen LogP contribution in [0.4, 0.5) is 11.4 Å². The van der Waals surface area contributed by atoms with E-state index in [1.54, 1.807) is 0 Å². The van der Waals surface area contributed by atoms with Crippen molar-refractivity contribution in [1.82, 2.24) is 0 Å². The van der Waals surface area contributed by atoms with E-state index in [4.69, 9.17) is 4.84 Å². The third kappa shape index (κ3) is 3.48. The number of hydrogen-bond acceptors (Lipinski definition) is 6. The van der Waals surface area contributed by atoms with Gasteiger partial charge in [0.1, 0.15) is 0 Å². The fourth-order valence-corrected chi connectivity index (χ4v) is 5.49. The molecular weight excluding hydrogens is 434 g/mol. The Kier molecular flexibility index (Phi) is 5.58. The molecule has 2 atom stereocenters. The zero-order chi connectivity index (χ0) is 24.9. The maximum atomic E-state index is 13.6. The number of nitro benzene ring substituents is 1. The normalized spacial score (nSPS) is 25.9. The van der Waals surface area contributed by atoms with Gasteiger partial charge in [0.05, 0.1) is 21.6 Å². The van der Waals surface area contributed by atoms with E-state index in [1.807, 2.05) is 32.0 Å². The van der Waals surface area contributed by atoms with Crippen LogP contribution < -0.4 is 5.32 Å². The Balaban J connectivity index is 1.58. The summed E-state index contributed by atoms with van der Waals surface area (Å²) in [5.74, 6) is -0.825. The van der Waals surface area contributed by atoms with Gasteiger partial charge in [-0.2, -0.15) is 0 Å². The first-order valence-corrected chi connectivity index (χ1v) is 11.3. The molecule has 178 valence electrons. The molecule has 8 nitrogen and oxygen atoms in total. The van der Waals surface area contributed by atoms with Gasteiger partial charge in [0.25, 0.3) is 5.69 Å². The highest BCUT2D eigenvalue weighted by Crippen LogP contribution is 2.71. The molecule has 0 saturated heterocycles. The number of carbonyl (C=O) groups excluding carboxylic acids is 2. The monoisotopic (exact) mass is 463 g/mol. The molecule has 34 heavy (non-hydrogen) atoms. The maximum Gasteiger partial charge on any atom is 0.365 e. The van der Waals surface area contributed by atoms with Crippen LogP contribution in [0.3, 0.4) is 0 Å². The fraction of sp³-hybridized carbons (Fsp3) is 0.423. The predicted molar refractivity (Wildman–Crippen MR) is 129 cm³/mol. The Morgan fingerprint density at radius 2 is 1.79 bits per heavy atom. The summed E-state index contributed by atoms with van der Waals surface area (Å²) in [4.78, 5) is 41.8. The number of non-ortho nitro benzene ring substituents is 1. The molecule has 1 N–H and O–H groups in total. The highest BCUT2D eigenvalue weighted by atomic mass is 16.7. The van der Waals surface area contributed by atoms with Gasteiger partial charge in [0, 0.05) is 29.7 Å². The molecule has 2 aromatic rings. The lowest BCUT2D eigenvalue weighted by Gasteiger charge is -2.39. The van der Waals surface area contributed by atoms with Crippen LogP contribution in [0, 0.1) is 40.2 Å². The lowest BCUT2D eigenvalue weighted by molar-refractivity contribution is -0.384. The number of hydrogen-bond donors (Lipinski definition) is 1. The van der Waals surface area contributed by atoms with Crippen LogP contribution in [0.1, 0.15) is 61.5 Å². The lowest BCUT2D eigenvalue weighted by atomic mass is 9.64. The Labute approximate surface area is 198 Å². The van der Waals surface area contributed by atoms with Crippen molar-refractivity contribution < 1.29 is 19.3 Å². The number of amides is 1. The van der Waals surface area contributed by atoms with Gasteiger partial charge in [0.2, 0.25) is 5.91 Å². The largest absolute Gasteiger partial charge is 0.365 e. The first-order valence-electron chi connectivity index (χ1n) is 11.3. The Morgan fingerprint density at radius 1 is 1.06 bits per heavy atom. The Morgan fingerprint density at radius 3 is 2.47 bits per heavy atom. The summed E-state index contributed by atoms with van der Waals surface area (Å²) >= 11 is 0. The van der Waals surface area contributed by atoms with E-state index in [1.165, 1.54) is 18.2 Å². The topological polar surface area (TPSA) is 111 Å². The number of carbonyl (C=O) groups is 2. The summed E-state index contributed by atoms with van der Waals surface area (Å²) in [5, 5.41) is 18.3. The van der Waals surface area contributed by atoms with Gasteiger partial charge < -0.3 is 10.2 Å². The van der Waals surface area contributed by atoms with Gasteiger partial charge in [-0.15, -0.1) is 0 Å². The molecule has 2 fully saturated rings. The summed E-state index contributed by atoms with van der Waals surface area (Å²) < 4.78 is 0. The molecule has 0 radical (unpaired) electrons. The summed E-state index contributed by atoms with van der Waals surface area (Å²) in [5.41, 5.74) is 2.02. The van der Waals surface area contributed by atoms with Gasteiger partial charge >= 0.3 is 5.97 Å². The van der Waals surface area contributed by atoms with Crippen molar-refractivity contribution in [1.29, 1.82) is 0 Å². The minimum Gasteiger partial charge on any atom is -0.326 e. The summed E-state index contributed by atoms with van der Waals surface area (Å²) in [6.07, 6.45) is 1.84. The number of aryl methyl sites for hydroxylation is 2. The van der Waals surface area contributed by atoms with Gasteiger partial charge in [-0.05, 0) is 61.4 Å². The molecule has 2 aromatic carbocycles. The van der Waals surface area contributed by atoms with E-state index in [9.17, 15) is 19.7 Å². The Bertz CT molecular complexity index is 1230. The van der Waals surface area contributed by atoms with E-state index in [-0.39, 0.29) is 17.2 Å². The van der Waals surface area contributed by atoms with Gasteiger partial charge in [0.15, 0.2) is 0 Å². The quantitative estimate of drug-likeness (QED) is 0.353. The standard InChI is InChI=1S/C26H29N3O5/c1-16-9-10-19(13-17(16)2)27-23(31)26-12-11-25(5,24(26,3)4)21(15-26)28-34-22(30)18-7-6-8-20(14-18)29(32)33/h6-10,13-14H,11-12,15H2,1-5H3,(H,27,31)/b28-21-. The fourth-order valence-electron chi connectivity index (χ4n) is 5.49. The minimum absolute atomic E-state index is 0.0494. The second kappa shape index (κ2) is 8.04. The smallest absolute Gasteiger partial charge is 0.326 e. The molecule has 1 amide bonds. The number of nitrogens with one attached hydrogen (secondary N) is 1. The van der Waals surface area contributed by atoms with Crippen LogP contribution in [0.5, 0.6) is 0 Å². The average molecular weight is 464 g/mol. The third-order valence-corrected chi connectivity index (χ3v) is 8.46. The van der Waals surface area contributed by atoms with E-state index in [0.717, 1.165) is 29.3 Å². The predicted octanol–water partition coefficient (Wildman–Crippen LogP) is 5.58. The van der Waals surface area contributed by atoms with Crippen molar-refractivity contribution in [3.05, 3.63) is 69.3 Å². The summed E-state index contributed by atoms with van der Waals surface area (Å²) in [6, 6.07) is 11.2. The van der Waals surface area contributed by atoms with E-state index in [2.05, 4.69) is 31.2 Å². The molecule has 2 unspecified atom stereocenters. The highest BCUT2D eigenvalue weighted by Gasteiger charge is 2.71. The average Bonchev–Trinajstić information content (AvgIpc) is 3.10. The number of nitrogens with zero attached hydrogens (tertiary/aromatic N) is 2. The second-order valence-corrected chi connectivity index (χ2v) is 10.2. The highest BCUT2D eigenvalue weighted by molar-refractivity contribution is 6.06. The number of benzene rings is 2. The number of anilines is 1. The number of rotatable bonds is 5. The number of nitro groups is 1. The van der Waals surface area contributed by atoms with Crippen molar-refractivity contribution in [2.24, 2.45) is 21.4 Å². The summed E-state index contributed by atoms with van der Waals surface area (Å²) in [7, 11) is 0. The summed E-state index contributed by atoms with van der Waals surface area (Å²) in [6.45, 7) is 10.2. The van der Waals surface area contributed by atoms with Gasteiger partial charge in [-0.3, -0.25) is 14.9 Å². The molecular formula is C26H29N3O5. The molecule has 4 rings (SSSR count). The molecule has 0 aliphatic heterocycles. The molecule has 0 spiro atoms. The zero-order valence-corrected chi connectivity index (χ0v) is 20.1. The van der Waals surface area contributed by atoms with Gasteiger partial charge in [-0.25, -0.2) is 4.79 Å². The third-order valence-electron chi connectivity index (χ3n) is 8.46.